The van der Waals surface area contributed by atoms with Gasteiger partial charge in [0.2, 0.25) is 6.29 Å². The minimum atomic E-state index is -1.63. The normalized spacial score (nSPS) is 40.1. The van der Waals surface area contributed by atoms with Gasteiger partial charge in [0.05, 0.1) is 13.2 Å². The van der Waals surface area contributed by atoms with Gasteiger partial charge in [-0.25, -0.2) is 0 Å². The number of hydrogen-bond donors (Lipinski definition) is 7. The number of rotatable bonds is 8. The van der Waals surface area contributed by atoms with E-state index in [9.17, 15) is 35.7 Å². The highest BCUT2D eigenvalue weighted by Gasteiger charge is 2.47. The Labute approximate surface area is 184 Å². The molecule has 10 atom stereocenters. The Morgan fingerprint density at radius 1 is 0.781 bits per heavy atom. The molecule has 0 saturated carbocycles. The molecule has 0 spiro atoms. The smallest absolute Gasteiger partial charge is 0.229 e. The Balaban J connectivity index is 1.62. The van der Waals surface area contributed by atoms with E-state index in [0.29, 0.717) is 12.2 Å². The molecule has 2 fully saturated rings. The Bertz CT molecular complexity index is 727. The van der Waals surface area contributed by atoms with Gasteiger partial charge < -0.3 is 54.7 Å². The van der Waals surface area contributed by atoms with E-state index < -0.39 is 74.6 Å². The first-order valence-electron chi connectivity index (χ1n) is 10.2. The molecular formula is C21H30O11. The lowest BCUT2D eigenvalue weighted by Crippen LogP contribution is -2.62. The maximum Gasteiger partial charge on any atom is 0.229 e. The predicted octanol–water partition coefficient (Wildman–Crippen LogP) is -2.58. The molecule has 11 nitrogen and oxygen atoms in total. The van der Waals surface area contributed by atoms with Crippen LogP contribution in [0.1, 0.15) is 5.56 Å². The summed E-state index contributed by atoms with van der Waals surface area (Å²) in [7, 11) is 0. The highest BCUT2D eigenvalue weighted by Crippen LogP contribution is 2.27. The van der Waals surface area contributed by atoms with Gasteiger partial charge >= 0.3 is 0 Å². The van der Waals surface area contributed by atoms with Crippen molar-refractivity contribution in [1.82, 2.24) is 0 Å². The summed E-state index contributed by atoms with van der Waals surface area (Å²) in [4.78, 5) is 0. The van der Waals surface area contributed by atoms with Crippen molar-refractivity contribution in [3.05, 3.63) is 42.5 Å². The Morgan fingerprint density at radius 3 is 1.94 bits per heavy atom. The molecule has 0 aromatic heterocycles. The van der Waals surface area contributed by atoms with Crippen LogP contribution in [0.2, 0.25) is 0 Å². The first-order valence-corrected chi connectivity index (χ1v) is 10.2. The molecule has 11 heteroatoms. The standard InChI is InChI=1S/C21H30O11/c1-2-3-10-4-6-11(7-5-10)30-21-19(28)17(26)15(24)13(32-21)9-29-20-18(27)16(25)14(23)12(8-22)31-20/h2,4-7,12-28H,1,3,8-9H2/t12-,13+,14-,15-,16+,17+,18+,19+,20+,21+/m1/s1. The number of hydrogen-bond acceptors (Lipinski definition) is 11. The maximum atomic E-state index is 10.3. The van der Waals surface area contributed by atoms with Crippen LogP contribution in [0.25, 0.3) is 0 Å². The van der Waals surface area contributed by atoms with Crippen LogP contribution in [0.15, 0.2) is 36.9 Å². The summed E-state index contributed by atoms with van der Waals surface area (Å²) in [5, 5.41) is 69.7. The molecular weight excluding hydrogens is 428 g/mol. The highest BCUT2D eigenvalue weighted by molar-refractivity contribution is 5.28. The molecule has 3 rings (SSSR count). The molecule has 7 N–H and O–H groups in total. The van der Waals surface area contributed by atoms with Gasteiger partial charge in [-0.1, -0.05) is 18.2 Å². The highest BCUT2D eigenvalue weighted by atomic mass is 16.7. The van der Waals surface area contributed by atoms with E-state index in [1.54, 1.807) is 30.3 Å². The molecule has 2 aliphatic heterocycles. The zero-order valence-electron chi connectivity index (χ0n) is 17.3. The van der Waals surface area contributed by atoms with Crippen LogP contribution in [0.5, 0.6) is 5.75 Å². The largest absolute Gasteiger partial charge is 0.462 e. The third kappa shape index (κ3) is 5.46. The number of ether oxygens (including phenoxy) is 4. The van der Waals surface area contributed by atoms with E-state index in [1.165, 1.54) is 0 Å². The van der Waals surface area contributed by atoms with Gasteiger partial charge in [-0.05, 0) is 24.1 Å². The molecule has 1 aromatic rings. The third-order valence-corrected chi connectivity index (χ3v) is 5.50. The minimum Gasteiger partial charge on any atom is -0.462 e. The van der Waals surface area contributed by atoms with Crippen molar-refractivity contribution in [2.24, 2.45) is 0 Å². The molecule has 0 aliphatic carbocycles. The van der Waals surface area contributed by atoms with E-state index >= 15 is 0 Å². The van der Waals surface area contributed by atoms with E-state index in [2.05, 4.69) is 6.58 Å². The first kappa shape index (κ1) is 25.0. The predicted molar refractivity (Wildman–Crippen MR) is 107 cm³/mol. The van der Waals surface area contributed by atoms with Crippen LogP contribution in [0.4, 0.5) is 0 Å². The number of benzene rings is 1. The van der Waals surface area contributed by atoms with Crippen molar-refractivity contribution in [1.29, 1.82) is 0 Å². The molecule has 1 aromatic carbocycles. The molecule has 180 valence electrons. The van der Waals surface area contributed by atoms with E-state index in [4.69, 9.17) is 18.9 Å². The Morgan fingerprint density at radius 2 is 1.34 bits per heavy atom. The summed E-state index contributed by atoms with van der Waals surface area (Å²) in [6, 6.07) is 6.92. The van der Waals surface area contributed by atoms with Crippen LogP contribution in [-0.2, 0) is 20.6 Å². The van der Waals surface area contributed by atoms with Gasteiger partial charge in [0, 0.05) is 0 Å². The zero-order chi connectivity index (χ0) is 23.4. The average Bonchev–Trinajstić information content (AvgIpc) is 2.79. The number of aliphatic hydroxyl groups is 7. The summed E-state index contributed by atoms with van der Waals surface area (Å²) >= 11 is 0. The fourth-order valence-corrected chi connectivity index (χ4v) is 3.55. The maximum absolute atomic E-state index is 10.3. The molecule has 0 unspecified atom stereocenters. The zero-order valence-corrected chi connectivity index (χ0v) is 17.3. The third-order valence-electron chi connectivity index (χ3n) is 5.50. The van der Waals surface area contributed by atoms with Crippen LogP contribution in [0.3, 0.4) is 0 Å². The van der Waals surface area contributed by atoms with Crippen LogP contribution < -0.4 is 4.74 Å². The molecule has 0 amide bonds. The molecule has 0 bridgehead atoms. The second kappa shape index (κ2) is 11.0. The summed E-state index contributed by atoms with van der Waals surface area (Å²) in [5.41, 5.74) is 0.999. The fraction of sp³-hybridized carbons (Fsp3) is 0.619. The summed E-state index contributed by atoms with van der Waals surface area (Å²) in [6.45, 7) is 2.62. The van der Waals surface area contributed by atoms with Crippen molar-refractivity contribution < 1.29 is 54.7 Å². The molecule has 2 heterocycles. The van der Waals surface area contributed by atoms with Crippen molar-refractivity contribution in [2.75, 3.05) is 13.2 Å². The number of aliphatic hydroxyl groups excluding tert-OH is 7. The number of allylic oxidation sites excluding steroid dienone is 1. The summed E-state index contributed by atoms with van der Waals surface area (Å²) in [5.74, 6) is 0.360. The van der Waals surface area contributed by atoms with Gasteiger partial charge in [-0.3, -0.25) is 0 Å². The van der Waals surface area contributed by atoms with Gasteiger partial charge in [-0.15, -0.1) is 6.58 Å². The van der Waals surface area contributed by atoms with Crippen molar-refractivity contribution in [3.8, 4) is 5.75 Å². The molecule has 2 saturated heterocycles. The first-order chi connectivity index (χ1) is 15.3. The second-order valence-electron chi connectivity index (χ2n) is 7.80. The van der Waals surface area contributed by atoms with E-state index in [1.807, 2.05) is 0 Å². The summed E-state index contributed by atoms with van der Waals surface area (Å²) < 4.78 is 21.8. The fourth-order valence-electron chi connectivity index (χ4n) is 3.55. The Hall–Kier alpha value is -1.64. The van der Waals surface area contributed by atoms with Gasteiger partial charge in [0.25, 0.3) is 0 Å². The van der Waals surface area contributed by atoms with Gasteiger partial charge in [-0.2, -0.15) is 0 Å². The monoisotopic (exact) mass is 458 g/mol. The van der Waals surface area contributed by atoms with Crippen molar-refractivity contribution in [3.63, 3.8) is 0 Å². The minimum absolute atomic E-state index is 0.360. The lowest BCUT2D eigenvalue weighted by Gasteiger charge is -2.42. The van der Waals surface area contributed by atoms with E-state index in [0.717, 1.165) is 5.56 Å². The summed E-state index contributed by atoms with van der Waals surface area (Å²) in [6.07, 6.45) is -12.2. The second-order valence-corrected chi connectivity index (χ2v) is 7.80. The van der Waals surface area contributed by atoms with Gasteiger partial charge in [0.1, 0.15) is 54.6 Å². The van der Waals surface area contributed by atoms with Crippen molar-refractivity contribution >= 4 is 0 Å². The van der Waals surface area contributed by atoms with Crippen LogP contribution in [0, 0.1) is 0 Å². The molecule has 0 radical (unpaired) electrons. The van der Waals surface area contributed by atoms with E-state index in [-0.39, 0.29) is 0 Å². The lowest BCUT2D eigenvalue weighted by atomic mass is 9.98. The van der Waals surface area contributed by atoms with Crippen LogP contribution in [-0.4, -0.2) is 110 Å². The van der Waals surface area contributed by atoms with Crippen molar-refractivity contribution in [2.45, 2.75) is 67.8 Å². The van der Waals surface area contributed by atoms with Gasteiger partial charge in [0.15, 0.2) is 6.29 Å². The van der Waals surface area contributed by atoms with Crippen LogP contribution >= 0.6 is 0 Å². The molecule has 32 heavy (non-hydrogen) atoms. The average molecular weight is 458 g/mol. The Kier molecular flexibility index (Phi) is 8.58. The quantitative estimate of drug-likeness (QED) is 0.203. The SMILES string of the molecule is C=CCc1ccc(O[C@H]2O[C@@H](CO[C@H]3O[C@H](CO)[C@@H](O)[C@H](O)[C@@H]3O)[C@@H](O)[C@H](O)[C@@H]2O)cc1. The topological polar surface area (TPSA) is 179 Å². The lowest BCUT2D eigenvalue weighted by molar-refractivity contribution is -0.323. The molecule has 2 aliphatic rings.